The Bertz CT molecular complexity index is 2040. The number of para-hydroxylation sites is 1. The molecule has 0 saturated heterocycles. The van der Waals surface area contributed by atoms with Gasteiger partial charge in [-0.1, -0.05) is 36.8 Å². The number of anilines is 2. The van der Waals surface area contributed by atoms with E-state index in [0.29, 0.717) is 53.0 Å². The van der Waals surface area contributed by atoms with Crippen molar-refractivity contribution in [2.24, 2.45) is 11.1 Å². The second-order valence-electron chi connectivity index (χ2n) is 14.1. The molecule has 1 fully saturated rings. The van der Waals surface area contributed by atoms with Crippen LogP contribution in [-0.2, 0) is 38.8 Å². The van der Waals surface area contributed by atoms with E-state index in [1.165, 1.54) is 4.90 Å². The van der Waals surface area contributed by atoms with E-state index in [1.54, 1.807) is 38.1 Å². The van der Waals surface area contributed by atoms with Gasteiger partial charge in [-0.05, 0) is 70.2 Å². The summed E-state index contributed by atoms with van der Waals surface area (Å²) in [6, 6.07) is 12.3. The van der Waals surface area contributed by atoms with Crippen LogP contribution in [0.25, 0.3) is 21.9 Å². The second-order valence-corrected chi connectivity index (χ2v) is 14.1. The Hall–Kier alpha value is -5.97. The predicted molar refractivity (Wildman–Crippen MR) is 200 cm³/mol. The number of nitrogens with one attached hydrogen (secondary N) is 3. The van der Waals surface area contributed by atoms with Crippen molar-refractivity contribution < 1.29 is 38.9 Å². The molecule has 288 valence electrons. The van der Waals surface area contributed by atoms with E-state index in [0.717, 1.165) is 5.39 Å². The number of hydrogen-bond donors (Lipinski definition) is 7. The van der Waals surface area contributed by atoms with Crippen molar-refractivity contribution in [2.75, 3.05) is 24.1 Å². The van der Waals surface area contributed by atoms with Gasteiger partial charge in [0.05, 0.1) is 29.7 Å². The average molecular weight is 746 g/mol. The zero-order valence-electron chi connectivity index (χ0n) is 30.6. The maximum Gasteiger partial charge on any atom is 0.410 e. The number of nitrogens with zero attached hydrogens (tertiary/aromatic N) is 4. The first kappa shape index (κ1) is 39.2. The van der Waals surface area contributed by atoms with Crippen LogP contribution in [0.3, 0.4) is 0 Å². The third-order valence-electron chi connectivity index (χ3n) is 9.43. The lowest BCUT2D eigenvalue weighted by Crippen LogP contribution is -2.55. The molecule has 0 aliphatic heterocycles. The molecule has 1 aliphatic rings. The Morgan fingerprint density at radius 1 is 1.07 bits per heavy atom. The van der Waals surface area contributed by atoms with Crippen LogP contribution in [0.1, 0.15) is 64.3 Å². The number of imidazole rings is 1. The predicted octanol–water partition coefficient (Wildman–Crippen LogP) is 3.22. The van der Waals surface area contributed by atoms with Crippen molar-refractivity contribution in [2.45, 2.75) is 84.2 Å². The fourth-order valence-electron chi connectivity index (χ4n) is 6.36. The number of amides is 5. The number of urea groups is 1. The summed E-state index contributed by atoms with van der Waals surface area (Å²) >= 11 is 0. The van der Waals surface area contributed by atoms with Crippen LogP contribution in [0, 0.1) is 5.41 Å². The molecular formula is C37H47N9O8. The average Bonchev–Trinajstić information content (AvgIpc) is 3.44. The lowest BCUT2D eigenvalue weighted by atomic mass is 9.68. The summed E-state index contributed by atoms with van der Waals surface area (Å²) in [6.07, 6.45) is 0.768. The van der Waals surface area contributed by atoms with Gasteiger partial charge in [-0.25, -0.2) is 19.6 Å². The molecule has 0 unspecified atom stereocenters. The van der Waals surface area contributed by atoms with Crippen molar-refractivity contribution in [3.8, 4) is 0 Å². The summed E-state index contributed by atoms with van der Waals surface area (Å²) in [7, 11) is 0. The molecule has 0 bridgehead atoms. The Labute approximate surface area is 311 Å². The van der Waals surface area contributed by atoms with Gasteiger partial charge in [0.15, 0.2) is 5.82 Å². The zero-order chi connectivity index (χ0) is 39.2. The van der Waals surface area contributed by atoms with Crippen molar-refractivity contribution in [3.63, 3.8) is 0 Å². The highest BCUT2D eigenvalue weighted by atomic mass is 16.6. The summed E-state index contributed by atoms with van der Waals surface area (Å²) in [5.74, 6) is -1.79. The van der Waals surface area contributed by atoms with E-state index in [2.05, 4.69) is 20.9 Å². The minimum absolute atomic E-state index is 0.0721. The quantitative estimate of drug-likeness (QED) is 0.0647. The van der Waals surface area contributed by atoms with Gasteiger partial charge >= 0.3 is 18.1 Å². The molecule has 1 saturated carbocycles. The number of aliphatic carboxylic acids is 1. The molecule has 2 aromatic heterocycles. The van der Waals surface area contributed by atoms with Gasteiger partial charge in [0, 0.05) is 24.2 Å². The Morgan fingerprint density at radius 2 is 1.78 bits per heavy atom. The molecule has 2 heterocycles. The van der Waals surface area contributed by atoms with Crippen molar-refractivity contribution in [1.29, 1.82) is 0 Å². The fourth-order valence-corrected chi connectivity index (χ4v) is 6.36. The molecule has 54 heavy (non-hydrogen) atoms. The third-order valence-corrected chi connectivity index (χ3v) is 9.43. The molecule has 0 spiro atoms. The number of nitrogens with two attached hydrogens (primary N) is 2. The summed E-state index contributed by atoms with van der Waals surface area (Å²) < 4.78 is 7.51. The van der Waals surface area contributed by atoms with Crippen LogP contribution in [-0.4, -0.2) is 84.3 Å². The van der Waals surface area contributed by atoms with Gasteiger partial charge in [0.25, 0.3) is 0 Å². The Morgan fingerprint density at radius 3 is 2.39 bits per heavy atom. The molecule has 17 heteroatoms. The Kier molecular flexibility index (Phi) is 11.9. The number of fused-ring (bicyclic) bond motifs is 3. The molecule has 9 N–H and O–H groups in total. The molecule has 2 aromatic carbocycles. The number of nitrogen functional groups attached to an aromatic ring is 1. The van der Waals surface area contributed by atoms with Crippen LogP contribution >= 0.6 is 0 Å². The maximum atomic E-state index is 13.3. The van der Waals surface area contributed by atoms with Gasteiger partial charge < -0.3 is 51.8 Å². The van der Waals surface area contributed by atoms with E-state index < -0.39 is 47.0 Å². The third kappa shape index (κ3) is 8.97. The Balaban J connectivity index is 1.24. The number of carboxylic acid groups (broad SMARTS) is 1. The summed E-state index contributed by atoms with van der Waals surface area (Å²) in [5, 5.41) is 29.0. The number of carbonyl (C=O) groups excluding carboxylic acids is 4. The summed E-state index contributed by atoms with van der Waals surface area (Å²) in [5.41, 5.74) is 11.6. The fraction of sp³-hybridized carbons (Fsp3) is 0.432. The highest BCUT2D eigenvalue weighted by molar-refractivity contribution is 6.07. The number of pyridine rings is 1. The topological polar surface area (TPSA) is 257 Å². The number of hydrogen-bond acceptors (Lipinski definition) is 10. The molecule has 17 nitrogen and oxygen atoms in total. The molecule has 4 aromatic rings. The second kappa shape index (κ2) is 16.4. The zero-order valence-corrected chi connectivity index (χ0v) is 30.6. The number of ether oxygens (including phenoxy) is 1. The summed E-state index contributed by atoms with van der Waals surface area (Å²) in [6.45, 7) is 5.83. The van der Waals surface area contributed by atoms with Gasteiger partial charge in [-0.15, -0.1) is 0 Å². The van der Waals surface area contributed by atoms with Crippen LogP contribution in [0.2, 0.25) is 0 Å². The number of carboxylic acids is 1. The lowest BCUT2D eigenvalue weighted by molar-refractivity contribution is -0.162. The largest absolute Gasteiger partial charge is 0.480 e. The highest BCUT2D eigenvalue weighted by Gasteiger charge is 2.51. The normalized spacial score (nSPS) is 14.1. The minimum Gasteiger partial charge on any atom is -0.480 e. The van der Waals surface area contributed by atoms with E-state index >= 15 is 0 Å². The number of aromatic nitrogens is 3. The van der Waals surface area contributed by atoms with Gasteiger partial charge in [0.1, 0.15) is 29.4 Å². The first-order valence-electron chi connectivity index (χ1n) is 17.8. The standard InChI is InChI=1S/C37H47N9O8/c1-4-45(19-27-44-28-29(46(27)21-36(2,3)53)24-9-5-6-10-25(24)42-30(28)38)35(52)54-20-22-12-14-23(15-13-22)41-31(47)26(11-7-18-40-34(39)51)43-32(48)37(33(49)50)16-8-17-37/h5-6,9-10,12-15,26,53H,4,7-8,11,16-21H2,1-3H3,(H2,38,42)(H,41,47)(H,43,48)(H,49,50)(H3,39,40,51)/t26-/m0/s1. The smallest absolute Gasteiger partial charge is 0.410 e. The lowest BCUT2D eigenvalue weighted by Gasteiger charge is -2.36. The number of aliphatic hydroxyl groups is 1. The minimum atomic E-state index is -1.57. The van der Waals surface area contributed by atoms with E-state index in [4.69, 9.17) is 21.2 Å². The van der Waals surface area contributed by atoms with Crippen LogP contribution < -0.4 is 27.4 Å². The number of carbonyl (C=O) groups is 5. The molecule has 0 radical (unpaired) electrons. The van der Waals surface area contributed by atoms with Crippen LogP contribution in [0.4, 0.5) is 21.1 Å². The van der Waals surface area contributed by atoms with Gasteiger partial charge in [0.2, 0.25) is 11.8 Å². The number of rotatable bonds is 16. The van der Waals surface area contributed by atoms with E-state index in [-0.39, 0.29) is 51.3 Å². The van der Waals surface area contributed by atoms with Gasteiger partial charge in [-0.3, -0.25) is 14.4 Å². The summed E-state index contributed by atoms with van der Waals surface area (Å²) in [4.78, 5) is 73.2. The van der Waals surface area contributed by atoms with Crippen molar-refractivity contribution in [1.82, 2.24) is 30.1 Å². The SMILES string of the molecule is CCN(Cc1nc2c(N)nc3ccccc3c2n1CC(C)(C)O)C(=O)OCc1ccc(NC(=O)[C@H](CCCNC(N)=O)NC(=O)C2(C(=O)O)CCC2)cc1. The van der Waals surface area contributed by atoms with Crippen molar-refractivity contribution >= 4 is 63.3 Å². The van der Waals surface area contributed by atoms with Crippen LogP contribution in [0.15, 0.2) is 48.5 Å². The van der Waals surface area contributed by atoms with Gasteiger partial charge in [-0.2, -0.15) is 0 Å². The molecule has 1 aliphatic carbocycles. The number of benzene rings is 2. The molecule has 1 atom stereocenters. The molecule has 5 amide bonds. The first-order chi connectivity index (χ1) is 25.6. The maximum absolute atomic E-state index is 13.3. The molecule has 5 rings (SSSR count). The highest BCUT2D eigenvalue weighted by Crippen LogP contribution is 2.41. The van der Waals surface area contributed by atoms with Crippen LogP contribution in [0.5, 0.6) is 0 Å². The van der Waals surface area contributed by atoms with Crippen molar-refractivity contribution in [3.05, 3.63) is 59.9 Å². The van der Waals surface area contributed by atoms with E-state index in [9.17, 15) is 34.2 Å². The first-order valence-corrected chi connectivity index (χ1v) is 17.8. The van der Waals surface area contributed by atoms with E-state index in [1.807, 2.05) is 35.8 Å². The monoisotopic (exact) mass is 745 g/mol. The molecular weight excluding hydrogens is 698 g/mol. The number of primary amides is 1.